The van der Waals surface area contributed by atoms with E-state index >= 15 is 0 Å². The summed E-state index contributed by atoms with van der Waals surface area (Å²) in [6.07, 6.45) is -0.236. The Kier molecular flexibility index (Phi) is 11.6. The van der Waals surface area contributed by atoms with Crippen LogP contribution < -0.4 is 5.32 Å². The highest BCUT2D eigenvalue weighted by molar-refractivity contribution is 14.0. The van der Waals surface area contributed by atoms with Crippen LogP contribution in [0.25, 0.3) is 0 Å². The summed E-state index contributed by atoms with van der Waals surface area (Å²) >= 11 is 0. The maximum atomic E-state index is 12.4. The topological polar surface area (TPSA) is 66.4 Å². The van der Waals surface area contributed by atoms with Crippen LogP contribution in [0.3, 0.4) is 0 Å². The Morgan fingerprint density at radius 3 is 2.55 bits per heavy atom. The Morgan fingerprint density at radius 2 is 2.00 bits per heavy atom. The number of carbonyl (C=O) groups is 1. The summed E-state index contributed by atoms with van der Waals surface area (Å²) in [5, 5.41) is 3.11. The van der Waals surface area contributed by atoms with Gasteiger partial charge >= 0.3 is 6.18 Å². The predicted molar refractivity (Wildman–Crippen MR) is 115 cm³/mol. The molecule has 0 aromatic rings. The Balaban J connectivity index is 0.00000420. The summed E-state index contributed by atoms with van der Waals surface area (Å²) in [4.78, 5) is 18.8. The number of likely N-dealkylation sites (tertiary alicyclic amines) is 1. The molecule has 2 heterocycles. The summed E-state index contributed by atoms with van der Waals surface area (Å²) in [7, 11) is 1.13. The van der Waals surface area contributed by atoms with Crippen LogP contribution >= 0.6 is 24.0 Å². The van der Waals surface area contributed by atoms with E-state index < -0.39 is 18.6 Å². The molecule has 1 atom stereocenters. The van der Waals surface area contributed by atoms with Gasteiger partial charge < -0.3 is 24.6 Å². The first-order valence-electron chi connectivity index (χ1n) is 9.85. The Hall–Kier alpha value is -0.820. The number of halogens is 4. The normalized spacial score (nSPS) is 21.1. The van der Waals surface area contributed by atoms with Gasteiger partial charge in [0.05, 0.1) is 18.8 Å². The van der Waals surface area contributed by atoms with Crippen LogP contribution in [-0.2, 0) is 14.3 Å². The summed E-state index contributed by atoms with van der Waals surface area (Å²) in [6.45, 7) is 3.80. The number of carbonyl (C=O) groups excluding carboxylic acids is 1. The number of likely N-dealkylation sites (N-methyl/N-ethyl adjacent to an activating group) is 1. The minimum Gasteiger partial charge on any atom is -0.376 e. The monoisotopic (exact) mass is 536 g/mol. The van der Waals surface area contributed by atoms with Gasteiger partial charge in [0.25, 0.3) is 0 Å². The number of rotatable bonds is 7. The quantitative estimate of drug-likeness (QED) is 0.307. The first-order chi connectivity index (χ1) is 13.3. The molecule has 1 unspecified atom stereocenters. The van der Waals surface area contributed by atoms with E-state index in [9.17, 15) is 18.0 Å². The third kappa shape index (κ3) is 9.69. The molecular formula is C18H32F3IN4O3. The van der Waals surface area contributed by atoms with Crippen LogP contribution in [0.5, 0.6) is 0 Å². The summed E-state index contributed by atoms with van der Waals surface area (Å²) < 4.78 is 48.7. The van der Waals surface area contributed by atoms with Gasteiger partial charge in [-0.25, -0.2) is 4.99 Å². The Morgan fingerprint density at radius 1 is 1.31 bits per heavy atom. The SMILES string of the molecule is CCNC(=NCC(=O)N(C)CC(F)(F)F)N1CCC(OCC2CCCO2)CC1.I. The van der Waals surface area contributed by atoms with Crippen molar-refractivity contribution < 1.29 is 27.4 Å². The van der Waals surface area contributed by atoms with E-state index in [4.69, 9.17) is 9.47 Å². The van der Waals surface area contributed by atoms with Gasteiger partial charge in [-0.2, -0.15) is 13.2 Å². The number of ether oxygens (including phenoxy) is 2. The number of aliphatic imine (C=N–C) groups is 1. The molecule has 2 fully saturated rings. The molecule has 0 aromatic heterocycles. The lowest BCUT2D eigenvalue weighted by atomic mass is 10.1. The fourth-order valence-electron chi connectivity index (χ4n) is 3.30. The van der Waals surface area contributed by atoms with Gasteiger partial charge in [-0.1, -0.05) is 0 Å². The van der Waals surface area contributed by atoms with Crippen molar-refractivity contribution >= 4 is 35.8 Å². The van der Waals surface area contributed by atoms with Crippen molar-refractivity contribution in [3.63, 3.8) is 0 Å². The second-order valence-corrected chi connectivity index (χ2v) is 7.19. The average Bonchev–Trinajstić information content (AvgIpc) is 3.16. The molecule has 2 aliphatic rings. The predicted octanol–water partition coefficient (Wildman–Crippen LogP) is 2.25. The van der Waals surface area contributed by atoms with Crippen molar-refractivity contribution in [1.82, 2.24) is 15.1 Å². The third-order valence-corrected chi connectivity index (χ3v) is 4.82. The molecule has 0 saturated carbocycles. The Labute approximate surface area is 187 Å². The van der Waals surface area contributed by atoms with Gasteiger partial charge in [-0.05, 0) is 32.6 Å². The molecule has 11 heteroatoms. The lowest BCUT2D eigenvalue weighted by molar-refractivity contribution is -0.157. The molecule has 0 bridgehead atoms. The molecular weight excluding hydrogens is 504 g/mol. The fourth-order valence-corrected chi connectivity index (χ4v) is 3.30. The molecule has 0 aliphatic carbocycles. The minimum absolute atomic E-state index is 0. The first-order valence-corrected chi connectivity index (χ1v) is 9.85. The minimum atomic E-state index is -4.41. The van der Waals surface area contributed by atoms with Crippen molar-refractivity contribution in [2.45, 2.75) is 51.0 Å². The highest BCUT2D eigenvalue weighted by Crippen LogP contribution is 2.18. The van der Waals surface area contributed by atoms with Gasteiger partial charge in [-0.3, -0.25) is 4.79 Å². The van der Waals surface area contributed by atoms with E-state index in [0.717, 1.165) is 39.3 Å². The number of alkyl halides is 3. The zero-order valence-electron chi connectivity index (χ0n) is 17.0. The van der Waals surface area contributed by atoms with Crippen molar-refractivity contribution in [1.29, 1.82) is 0 Å². The summed E-state index contributed by atoms with van der Waals surface area (Å²) in [6, 6.07) is 0. The zero-order valence-corrected chi connectivity index (χ0v) is 19.4. The second kappa shape index (κ2) is 12.8. The molecule has 2 rings (SSSR count). The molecule has 1 amide bonds. The van der Waals surface area contributed by atoms with E-state index in [0.29, 0.717) is 37.1 Å². The van der Waals surface area contributed by atoms with E-state index in [1.165, 1.54) is 0 Å². The highest BCUT2D eigenvalue weighted by Gasteiger charge is 2.31. The molecule has 2 saturated heterocycles. The van der Waals surface area contributed by atoms with Gasteiger partial charge in [0.15, 0.2) is 5.96 Å². The fraction of sp³-hybridized carbons (Fsp3) is 0.889. The van der Waals surface area contributed by atoms with Crippen LogP contribution in [0, 0.1) is 0 Å². The molecule has 7 nitrogen and oxygen atoms in total. The largest absolute Gasteiger partial charge is 0.406 e. The number of amides is 1. The van der Waals surface area contributed by atoms with E-state index in [1.807, 2.05) is 11.8 Å². The molecule has 2 aliphatic heterocycles. The summed E-state index contributed by atoms with van der Waals surface area (Å²) in [5.41, 5.74) is 0. The maximum Gasteiger partial charge on any atom is 0.406 e. The first kappa shape index (κ1) is 26.2. The molecule has 0 radical (unpaired) electrons. The molecule has 1 N–H and O–H groups in total. The average molecular weight is 536 g/mol. The van der Waals surface area contributed by atoms with E-state index in [1.54, 1.807) is 0 Å². The van der Waals surface area contributed by atoms with Crippen molar-refractivity contribution in [2.75, 3.05) is 53.0 Å². The van der Waals surface area contributed by atoms with E-state index in [-0.39, 0.29) is 42.7 Å². The molecule has 170 valence electrons. The van der Waals surface area contributed by atoms with Crippen LogP contribution in [0.15, 0.2) is 4.99 Å². The zero-order chi connectivity index (χ0) is 20.6. The number of guanidine groups is 1. The standard InChI is InChI=1S/C18H31F3N4O3.HI/c1-3-22-17(23-11-16(26)24(2)13-18(19,20)21)25-8-6-14(7-9-25)28-12-15-5-4-10-27-15;/h14-15H,3-13H2,1-2H3,(H,22,23);1H. The van der Waals surface area contributed by atoms with Gasteiger partial charge in [0.2, 0.25) is 5.91 Å². The van der Waals surface area contributed by atoms with Crippen molar-refractivity contribution in [3.05, 3.63) is 0 Å². The Bertz CT molecular complexity index is 523. The van der Waals surface area contributed by atoms with Crippen LogP contribution in [0.2, 0.25) is 0 Å². The number of nitrogens with one attached hydrogen (secondary N) is 1. The summed E-state index contributed by atoms with van der Waals surface area (Å²) in [5.74, 6) is -0.114. The second-order valence-electron chi connectivity index (χ2n) is 7.19. The van der Waals surface area contributed by atoms with Crippen molar-refractivity contribution in [2.24, 2.45) is 4.99 Å². The van der Waals surface area contributed by atoms with Crippen LogP contribution in [0.4, 0.5) is 13.2 Å². The smallest absolute Gasteiger partial charge is 0.376 e. The molecule has 29 heavy (non-hydrogen) atoms. The third-order valence-electron chi connectivity index (χ3n) is 4.82. The van der Waals surface area contributed by atoms with Crippen LogP contribution in [-0.4, -0.2) is 93.0 Å². The van der Waals surface area contributed by atoms with Gasteiger partial charge in [0.1, 0.15) is 13.1 Å². The lowest BCUT2D eigenvalue weighted by Gasteiger charge is -2.34. The van der Waals surface area contributed by atoms with E-state index in [2.05, 4.69) is 10.3 Å². The number of hydrogen-bond acceptors (Lipinski definition) is 4. The maximum absolute atomic E-state index is 12.4. The molecule has 0 spiro atoms. The lowest BCUT2D eigenvalue weighted by Crippen LogP contribution is -2.47. The van der Waals surface area contributed by atoms with Crippen molar-refractivity contribution in [3.8, 4) is 0 Å². The highest BCUT2D eigenvalue weighted by atomic mass is 127. The number of nitrogens with zero attached hydrogens (tertiary/aromatic N) is 3. The van der Waals surface area contributed by atoms with Gasteiger partial charge in [-0.15, -0.1) is 24.0 Å². The van der Waals surface area contributed by atoms with Crippen LogP contribution in [0.1, 0.15) is 32.6 Å². The number of hydrogen-bond donors (Lipinski definition) is 1. The number of piperidine rings is 1. The van der Waals surface area contributed by atoms with Gasteiger partial charge in [0, 0.05) is 33.3 Å². The molecule has 0 aromatic carbocycles.